The number of aryl methyl sites for hydroxylation is 3. The molecule has 1 aromatic carbocycles. The first-order valence-corrected chi connectivity index (χ1v) is 9.26. The molecule has 3 aromatic rings. The molecule has 8 nitrogen and oxygen atoms in total. The van der Waals surface area contributed by atoms with Gasteiger partial charge in [-0.05, 0) is 32.9 Å². The van der Waals surface area contributed by atoms with Gasteiger partial charge in [0.25, 0.3) is 0 Å². The first kappa shape index (κ1) is 17.3. The van der Waals surface area contributed by atoms with E-state index in [0.717, 1.165) is 11.1 Å². The number of hydrogen-bond donors (Lipinski definition) is 2. The third kappa shape index (κ3) is 3.77. The largest absolute Gasteiger partial charge is 0.421 e. The Morgan fingerprint density at radius 3 is 2.48 bits per heavy atom. The van der Waals surface area contributed by atoms with Crippen molar-refractivity contribution in [3.63, 3.8) is 0 Å². The van der Waals surface area contributed by atoms with Gasteiger partial charge in [-0.25, -0.2) is 13.1 Å². The van der Waals surface area contributed by atoms with Gasteiger partial charge in [-0.1, -0.05) is 17.7 Å². The summed E-state index contributed by atoms with van der Waals surface area (Å²) in [7, 11) is -3.63. The molecular weight excluding hydrogens is 342 g/mol. The molecule has 25 heavy (non-hydrogen) atoms. The molecule has 2 heterocycles. The van der Waals surface area contributed by atoms with Gasteiger partial charge in [0.05, 0.1) is 11.4 Å². The molecule has 0 radical (unpaired) electrons. The van der Waals surface area contributed by atoms with Gasteiger partial charge in [0.15, 0.2) is 0 Å². The number of nitrogens with one attached hydrogen (secondary N) is 2. The average Bonchev–Trinajstić information content (AvgIpc) is 3.15. The van der Waals surface area contributed by atoms with Gasteiger partial charge < -0.3 is 4.42 Å². The predicted molar refractivity (Wildman–Crippen MR) is 91.4 cm³/mol. The molecule has 0 atom stereocenters. The maximum atomic E-state index is 12.3. The summed E-state index contributed by atoms with van der Waals surface area (Å²) in [6, 6.07) is 7.73. The Morgan fingerprint density at radius 2 is 1.84 bits per heavy atom. The fourth-order valence-corrected chi connectivity index (χ4v) is 3.87. The van der Waals surface area contributed by atoms with Gasteiger partial charge in [-0.3, -0.25) is 5.10 Å². The molecule has 0 saturated carbocycles. The highest BCUT2D eigenvalue weighted by Crippen LogP contribution is 2.19. The van der Waals surface area contributed by atoms with Crippen LogP contribution in [0.5, 0.6) is 0 Å². The quantitative estimate of drug-likeness (QED) is 0.693. The Bertz CT molecular complexity index is 954. The zero-order chi connectivity index (χ0) is 18.0. The molecule has 9 heteroatoms. The molecule has 3 rings (SSSR count). The number of sulfonamides is 1. The zero-order valence-electron chi connectivity index (χ0n) is 14.2. The van der Waals surface area contributed by atoms with Crippen molar-refractivity contribution in [1.82, 2.24) is 25.1 Å². The van der Waals surface area contributed by atoms with E-state index in [9.17, 15) is 8.42 Å². The number of hydrogen-bond acceptors (Lipinski definition) is 6. The van der Waals surface area contributed by atoms with Crippen molar-refractivity contribution in [3.8, 4) is 11.5 Å². The molecule has 0 bridgehead atoms. The lowest BCUT2D eigenvalue weighted by Crippen LogP contribution is -2.27. The Kier molecular flexibility index (Phi) is 4.69. The maximum absolute atomic E-state index is 12.3. The van der Waals surface area contributed by atoms with Gasteiger partial charge in [0.1, 0.15) is 4.90 Å². The number of nitrogens with zero attached hydrogens (tertiary/aromatic N) is 3. The molecule has 0 fully saturated rings. The monoisotopic (exact) mass is 361 g/mol. The molecule has 0 unspecified atom stereocenters. The van der Waals surface area contributed by atoms with E-state index in [0.29, 0.717) is 29.6 Å². The molecule has 0 saturated heterocycles. The molecule has 2 aromatic heterocycles. The van der Waals surface area contributed by atoms with E-state index in [2.05, 4.69) is 25.1 Å². The second-order valence-electron chi connectivity index (χ2n) is 5.78. The van der Waals surface area contributed by atoms with Gasteiger partial charge >= 0.3 is 0 Å². The van der Waals surface area contributed by atoms with Crippen LogP contribution in [0.15, 0.2) is 33.6 Å². The van der Waals surface area contributed by atoms with Crippen LogP contribution in [0, 0.1) is 20.8 Å². The lowest BCUT2D eigenvalue weighted by Gasteiger charge is -2.05. The molecule has 0 aliphatic heterocycles. The van der Waals surface area contributed by atoms with Crippen molar-refractivity contribution in [3.05, 3.63) is 47.1 Å². The number of H-pyrrole nitrogens is 1. The van der Waals surface area contributed by atoms with E-state index in [1.165, 1.54) is 0 Å². The van der Waals surface area contributed by atoms with E-state index in [4.69, 9.17) is 4.42 Å². The van der Waals surface area contributed by atoms with Crippen molar-refractivity contribution < 1.29 is 12.8 Å². The first-order valence-electron chi connectivity index (χ1n) is 7.77. The minimum atomic E-state index is -3.63. The lowest BCUT2D eigenvalue weighted by atomic mass is 10.1. The number of aromatic nitrogens is 4. The molecular formula is C16H19N5O3S. The SMILES string of the molecule is Cc1ccc(-c2nnc(CCNS(=O)(=O)c3c(C)n[nH]c3C)o2)cc1. The van der Waals surface area contributed by atoms with Crippen LogP contribution in [0.1, 0.15) is 22.8 Å². The van der Waals surface area contributed by atoms with Crippen molar-refractivity contribution in [1.29, 1.82) is 0 Å². The molecule has 0 aliphatic carbocycles. The van der Waals surface area contributed by atoms with Crippen LogP contribution in [-0.2, 0) is 16.4 Å². The fourth-order valence-electron chi connectivity index (χ4n) is 2.47. The van der Waals surface area contributed by atoms with Crippen LogP contribution in [0.25, 0.3) is 11.5 Å². The molecule has 2 N–H and O–H groups in total. The Morgan fingerprint density at radius 1 is 1.12 bits per heavy atom. The first-order chi connectivity index (χ1) is 11.9. The molecule has 132 valence electrons. The van der Waals surface area contributed by atoms with Crippen LogP contribution in [0.3, 0.4) is 0 Å². The predicted octanol–water partition coefficient (Wildman–Crippen LogP) is 1.91. The van der Waals surface area contributed by atoms with E-state index in [1.807, 2.05) is 31.2 Å². The highest BCUT2D eigenvalue weighted by atomic mass is 32.2. The van der Waals surface area contributed by atoms with E-state index < -0.39 is 10.0 Å². The minimum Gasteiger partial charge on any atom is -0.421 e. The number of benzene rings is 1. The molecule has 0 aliphatic rings. The second-order valence-corrected chi connectivity index (χ2v) is 7.48. The third-order valence-corrected chi connectivity index (χ3v) is 5.45. The van der Waals surface area contributed by atoms with Crippen molar-refractivity contribution in [2.24, 2.45) is 0 Å². The molecule has 0 amide bonds. The van der Waals surface area contributed by atoms with Crippen LogP contribution in [0.4, 0.5) is 0 Å². The Hall–Kier alpha value is -2.52. The smallest absolute Gasteiger partial charge is 0.247 e. The summed E-state index contributed by atoms with van der Waals surface area (Å²) < 4.78 is 32.8. The van der Waals surface area contributed by atoms with Gasteiger partial charge in [0, 0.05) is 18.5 Å². The summed E-state index contributed by atoms with van der Waals surface area (Å²) in [6.45, 7) is 5.46. The van der Waals surface area contributed by atoms with Crippen molar-refractivity contribution >= 4 is 10.0 Å². The van der Waals surface area contributed by atoms with E-state index >= 15 is 0 Å². The van der Waals surface area contributed by atoms with Gasteiger partial charge in [-0.2, -0.15) is 5.10 Å². The lowest BCUT2D eigenvalue weighted by molar-refractivity contribution is 0.502. The fraction of sp³-hybridized carbons (Fsp3) is 0.312. The van der Waals surface area contributed by atoms with E-state index in [-0.39, 0.29) is 11.4 Å². The normalized spacial score (nSPS) is 11.8. The number of aromatic amines is 1. The van der Waals surface area contributed by atoms with Crippen LogP contribution < -0.4 is 4.72 Å². The van der Waals surface area contributed by atoms with Crippen molar-refractivity contribution in [2.45, 2.75) is 32.1 Å². The van der Waals surface area contributed by atoms with Gasteiger partial charge in [0.2, 0.25) is 21.8 Å². The maximum Gasteiger partial charge on any atom is 0.247 e. The van der Waals surface area contributed by atoms with Crippen LogP contribution in [0.2, 0.25) is 0 Å². The summed E-state index contributed by atoms with van der Waals surface area (Å²) in [6.07, 6.45) is 0.300. The average molecular weight is 361 g/mol. The summed E-state index contributed by atoms with van der Waals surface area (Å²) in [4.78, 5) is 0.179. The zero-order valence-corrected chi connectivity index (χ0v) is 15.0. The third-order valence-electron chi connectivity index (χ3n) is 3.73. The van der Waals surface area contributed by atoms with E-state index in [1.54, 1.807) is 13.8 Å². The number of rotatable bonds is 6. The van der Waals surface area contributed by atoms with Crippen LogP contribution in [-0.4, -0.2) is 35.4 Å². The summed E-state index contributed by atoms with van der Waals surface area (Å²) in [5.41, 5.74) is 2.91. The summed E-state index contributed by atoms with van der Waals surface area (Å²) in [5.74, 6) is 0.790. The topological polar surface area (TPSA) is 114 Å². The van der Waals surface area contributed by atoms with Crippen molar-refractivity contribution in [2.75, 3.05) is 6.54 Å². The molecule has 0 spiro atoms. The van der Waals surface area contributed by atoms with Crippen LogP contribution >= 0.6 is 0 Å². The Balaban J connectivity index is 1.64. The second kappa shape index (κ2) is 6.77. The highest BCUT2D eigenvalue weighted by molar-refractivity contribution is 7.89. The van der Waals surface area contributed by atoms with Gasteiger partial charge in [-0.15, -0.1) is 10.2 Å². The summed E-state index contributed by atoms with van der Waals surface area (Å²) in [5, 5.41) is 14.5. The summed E-state index contributed by atoms with van der Waals surface area (Å²) >= 11 is 0. The minimum absolute atomic E-state index is 0.155. The standard InChI is InChI=1S/C16H19N5O3S/c1-10-4-6-13(7-5-10)16-21-20-14(24-16)8-9-17-25(22,23)15-11(2)18-19-12(15)3/h4-7,17H,8-9H2,1-3H3,(H,18,19). The Labute approximate surface area is 145 Å². The highest BCUT2D eigenvalue weighted by Gasteiger charge is 2.22.